The lowest BCUT2D eigenvalue weighted by molar-refractivity contribution is 0.101. The molecule has 0 aliphatic carbocycles. The van der Waals surface area contributed by atoms with Crippen molar-refractivity contribution >= 4 is 17.5 Å². The molecule has 0 aliphatic rings. The van der Waals surface area contributed by atoms with Gasteiger partial charge in [0.1, 0.15) is 0 Å². The average molecular weight is 250 g/mol. The average Bonchev–Trinajstić information content (AvgIpc) is 2.35. The summed E-state index contributed by atoms with van der Waals surface area (Å²) < 4.78 is 4.87. The van der Waals surface area contributed by atoms with Gasteiger partial charge in [-0.1, -0.05) is 0 Å². The summed E-state index contributed by atoms with van der Waals surface area (Å²) in [5.74, 6) is 0.00515. The van der Waals surface area contributed by atoms with Crippen LogP contribution >= 0.6 is 0 Å². The van der Waals surface area contributed by atoms with Crippen LogP contribution in [0.3, 0.4) is 0 Å². The van der Waals surface area contributed by atoms with Crippen LogP contribution < -0.4 is 10.6 Å². The smallest absolute Gasteiger partial charge is 0.319 e. The molecule has 2 N–H and O–H groups in total. The maximum Gasteiger partial charge on any atom is 0.319 e. The predicted molar refractivity (Wildman–Crippen MR) is 70.0 cm³/mol. The number of methoxy groups -OCH3 is 1. The van der Waals surface area contributed by atoms with E-state index in [1.54, 1.807) is 31.4 Å². The zero-order valence-corrected chi connectivity index (χ0v) is 10.7. The molecule has 0 unspecified atom stereocenters. The van der Waals surface area contributed by atoms with Gasteiger partial charge in [-0.05, 0) is 37.6 Å². The van der Waals surface area contributed by atoms with Crippen LogP contribution in [0.25, 0.3) is 0 Å². The van der Waals surface area contributed by atoms with E-state index in [2.05, 4.69) is 10.6 Å². The molecule has 0 heterocycles. The normalized spacial score (nSPS) is 9.89. The van der Waals surface area contributed by atoms with Crippen molar-refractivity contribution in [2.24, 2.45) is 0 Å². The van der Waals surface area contributed by atoms with E-state index in [9.17, 15) is 9.59 Å². The molecule has 2 amide bonds. The molecule has 0 fully saturated rings. The van der Waals surface area contributed by atoms with E-state index in [0.29, 0.717) is 24.4 Å². The Morgan fingerprint density at radius 3 is 2.44 bits per heavy atom. The summed E-state index contributed by atoms with van der Waals surface area (Å²) in [4.78, 5) is 22.5. The van der Waals surface area contributed by atoms with Crippen molar-refractivity contribution in [1.82, 2.24) is 5.32 Å². The molecule has 1 rings (SSSR count). The third-order valence-corrected chi connectivity index (χ3v) is 2.36. The molecule has 0 saturated carbocycles. The van der Waals surface area contributed by atoms with Gasteiger partial charge in [0.05, 0.1) is 0 Å². The van der Waals surface area contributed by atoms with E-state index in [0.717, 1.165) is 6.42 Å². The van der Waals surface area contributed by atoms with Gasteiger partial charge < -0.3 is 15.4 Å². The molecule has 0 atom stereocenters. The highest BCUT2D eigenvalue weighted by Gasteiger charge is 2.02. The summed E-state index contributed by atoms with van der Waals surface area (Å²) in [7, 11) is 1.62. The number of urea groups is 1. The minimum atomic E-state index is -0.262. The molecule has 0 aromatic heterocycles. The minimum Gasteiger partial charge on any atom is -0.385 e. The molecule has 0 radical (unpaired) electrons. The van der Waals surface area contributed by atoms with Crippen LogP contribution in [0, 0.1) is 0 Å². The van der Waals surface area contributed by atoms with Gasteiger partial charge >= 0.3 is 6.03 Å². The lowest BCUT2D eigenvalue weighted by Gasteiger charge is -2.07. The molecular formula is C13H18N2O3. The molecule has 98 valence electrons. The Morgan fingerprint density at radius 1 is 1.22 bits per heavy atom. The molecule has 0 aliphatic heterocycles. The number of ether oxygens (including phenoxy) is 1. The van der Waals surface area contributed by atoms with Crippen molar-refractivity contribution in [2.45, 2.75) is 13.3 Å². The third-order valence-electron chi connectivity index (χ3n) is 2.36. The molecule has 18 heavy (non-hydrogen) atoms. The molecule has 0 saturated heterocycles. The van der Waals surface area contributed by atoms with Crippen LogP contribution in [-0.4, -0.2) is 32.1 Å². The number of ketones is 1. The van der Waals surface area contributed by atoms with E-state index in [-0.39, 0.29) is 11.8 Å². The van der Waals surface area contributed by atoms with Crippen LogP contribution in [0.5, 0.6) is 0 Å². The van der Waals surface area contributed by atoms with Crippen LogP contribution in [-0.2, 0) is 4.74 Å². The van der Waals surface area contributed by atoms with E-state index < -0.39 is 0 Å². The van der Waals surface area contributed by atoms with Gasteiger partial charge in [0.2, 0.25) is 0 Å². The molecule has 0 spiro atoms. The van der Waals surface area contributed by atoms with Crippen molar-refractivity contribution in [3.05, 3.63) is 29.8 Å². The summed E-state index contributed by atoms with van der Waals surface area (Å²) in [6.45, 7) is 2.68. The summed E-state index contributed by atoms with van der Waals surface area (Å²) in [5.41, 5.74) is 1.28. The Hall–Kier alpha value is -1.88. The Kier molecular flexibility index (Phi) is 5.87. The fraction of sp³-hybridized carbons (Fsp3) is 0.385. The largest absolute Gasteiger partial charge is 0.385 e. The first-order valence-corrected chi connectivity index (χ1v) is 5.78. The van der Waals surface area contributed by atoms with Crippen molar-refractivity contribution in [1.29, 1.82) is 0 Å². The summed E-state index contributed by atoms with van der Waals surface area (Å²) >= 11 is 0. The van der Waals surface area contributed by atoms with E-state index in [1.165, 1.54) is 6.92 Å². The molecule has 5 heteroatoms. The van der Waals surface area contributed by atoms with Crippen LogP contribution in [0.2, 0.25) is 0 Å². The number of nitrogens with one attached hydrogen (secondary N) is 2. The Morgan fingerprint density at radius 2 is 1.89 bits per heavy atom. The quantitative estimate of drug-likeness (QED) is 0.599. The topological polar surface area (TPSA) is 67.4 Å². The second-order valence-electron chi connectivity index (χ2n) is 3.86. The van der Waals surface area contributed by atoms with E-state index in [4.69, 9.17) is 4.74 Å². The fourth-order valence-corrected chi connectivity index (χ4v) is 1.38. The van der Waals surface area contributed by atoms with Crippen molar-refractivity contribution in [3.8, 4) is 0 Å². The lowest BCUT2D eigenvalue weighted by atomic mass is 10.1. The number of anilines is 1. The third kappa shape index (κ3) is 4.97. The number of hydrogen-bond acceptors (Lipinski definition) is 3. The van der Waals surface area contributed by atoms with Gasteiger partial charge in [0, 0.05) is 31.5 Å². The Labute approximate surface area is 107 Å². The van der Waals surface area contributed by atoms with E-state index >= 15 is 0 Å². The maximum atomic E-state index is 11.5. The standard InChI is InChI=1S/C13H18N2O3/c1-10(16)11-4-6-12(7-5-11)15-13(17)14-8-3-9-18-2/h4-7H,3,8-9H2,1-2H3,(H2,14,15,17). The SMILES string of the molecule is COCCCNC(=O)Nc1ccc(C(C)=O)cc1. The Balaban J connectivity index is 2.37. The van der Waals surface area contributed by atoms with Gasteiger partial charge in [0.25, 0.3) is 0 Å². The molecular weight excluding hydrogens is 232 g/mol. The number of hydrogen-bond donors (Lipinski definition) is 2. The number of amides is 2. The van der Waals surface area contributed by atoms with Gasteiger partial charge in [-0.2, -0.15) is 0 Å². The first-order chi connectivity index (χ1) is 8.63. The molecule has 0 bridgehead atoms. The number of carbonyl (C=O) groups is 2. The fourth-order valence-electron chi connectivity index (χ4n) is 1.38. The molecule has 1 aromatic rings. The zero-order chi connectivity index (χ0) is 13.4. The highest BCUT2D eigenvalue weighted by molar-refractivity contribution is 5.95. The predicted octanol–water partition coefficient (Wildman–Crippen LogP) is 2.05. The van der Waals surface area contributed by atoms with Gasteiger partial charge in [-0.25, -0.2) is 4.79 Å². The maximum absolute atomic E-state index is 11.5. The van der Waals surface area contributed by atoms with Gasteiger partial charge in [-0.15, -0.1) is 0 Å². The van der Waals surface area contributed by atoms with Gasteiger partial charge in [0.15, 0.2) is 5.78 Å². The van der Waals surface area contributed by atoms with Crippen LogP contribution in [0.15, 0.2) is 24.3 Å². The summed E-state index contributed by atoms with van der Waals surface area (Å²) in [6.07, 6.45) is 0.771. The van der Waals surface area contributed by atoms with Gasteiger partial charge in [-0.3, -0.25) is 4.79 Å². The van der Waals surface area contributed by atoms with E-state index in [1.807, 2.05) is 0 Å². The van der Waals surface area contributed by atoms with Crippen molar-refractivity contribution in [3.63, 3.8) is 0 Å². The highest BCUT2D eigenvalue weighted by atomic mass is 16.5. The lowest BCUT2D eigenvalue weighted by Crippen LogP contribution is -2.30. The number of rotatable bonds is 6. The first-order valence-electron chi connectivity index (χ1n) is 5.78. The first kappa shape index (κ1) is 14.2. The Bertz CT molecular complexity index is 401. The number of carbonyl (C=O) groups excluding carboxylic acids is 2. The monoisotopic (exact) mass is 250 g/mol. The van der Waals surface area contributed by atoms with Crippen LogP contribution in [0.1, 0.15) is 23.7 Å². The minimum absolute atomic E-state index is 0.00515. The number of Topliss-reactive ketones (excluding diaryl/α,β-unsaturated/α-hetero) is 1. The zero-order valence-electron chi connectivity index (χ0n) is 10.7. The molecule has 1 aromatic carbocycles. The number of benzene rings is 1. The second-order valence-corrected chi connectivity index (χ2v) is 3.86. The summed E-state index contributed by atoms with van der Waals surface area (Å²) in [6, 6.07) is 6.50. The summed E-state index contributed by atoms with van der Waals surface area (Å²) in [5, 5.41) is 5.39. The second kappa shape index (κ2) is 7.45. The van der Waals surface area contributed by atoms with Crippen LogP contribution in [0.4, 0.5) is 10.5 Å². The highest BCUT2D eigenvalue weighted by Crippen LogP contribution is 2.09. The molecule has 5 nitrogen and oxygen atoms in total. The van der Waals surface area contributed by atoms with Crippen molar-refractivity contribution < 1.29 is 14.3 Å². The van der Waals surface area contributed by atoms with Crippen molar-refractivity contribution in [2.75, 3.05) is 25.6 Å².